The molecule has 0 aliphatic rings. The van der Waals surface area contributed by atoms with E-state index < -0.39 is 5.97 Å². The van der Waals surface area contributed by atoms with Crippen LogP contribution in [0.1, 0.15) is 64.2 Å². The number of hydrogen-bond donors (Lipinski definition) is 1. The van der Waals surface area contributed by atoms with Gasteiger partial charge < -0.3 is 5.11 Å². The van der Waals surface area contributed by atoms with E-state index in [4.69, 9.17) is 11.5 Å². The SMILES string of the molecule is C#CCCCCCC#CCCCCCC#CC(=O)O. The van der Waals surface area contributed by atoms with Crippen molar-refractivity contribution in [1.29, 1.82) is 0 Å². The lowest BCUT2D eigenvalue weighted by Gasteiger charge is -1.93. The molecule has 102 valence electrons. The average molecular weight is 258 g/mol. The fraction of sp³-hybridized carbons (Fsp3) is 0.588. The van der Waals surface area contributed by atoms with Gasteiger partial charge in [-0.2, -0.15) is 0 Å². The average Bonchev–Trinajstić information content (AvgIpc) is 2.39. The minimum Gasteiger partial charge on any atom is -0.472 e. The van der Waals surface area contributed by atoms with Crippen molar-refractivity contribution in [2.24, 2.45) is 0 Å². The number of unbranched alkanes of at least 4 members (excludes halogenated alkanes) is 8. The third-order valence-electron chi connectivity index (χ3n) is 2.55. The molecule has 0 aromatic heterocycles. The van der Waals surface area contributed by atoms with Gasteiger partial charge in [0.15, 0.2) is 0 Å². The van der Waals surface area contributed by atoms with Gasteiger partial charge >= 0.3 is 5.97 Å². The first-order valence-electron chi connectivity index (χ1n) is 6.88. The fourth-order valence-corrected chi connectivity index (χ4v) is 1.54. The molecule has 0 bridgehead atoms. The first kappa shape index (κ1) is 17.2. The van der Waals surface area contributed by atoms with E-state index in [1.807, 2.05) is 0 Å². The van der Waals surface area contributed by atoms with E-state index in [1.54, 1.807) is 0 Å². The van der Waals surface area contributed by atoms with Crippen LogP contribution in [0.5, 0.6) is 0 Å². The molecule has 2 heteroatoms. The van der Waals surface area contributed by atoms with Crippen molar-refractivity contribution in [3.8, 4) is 36.0 Å². The molecule has 0 heterocycles. The predicted molar refractivity (Wildman–Crippen MR) is 78.2 cm³/mol. The van der Waals surface area contributed by atoms with Crippen molar-refractivity contribution in [3.63, 3.8) is 0 Å². The Morgan fingerprint density at radius 2 is 1.26 bits per heavy atom. The van der Waals surface area contributed by atoms with E-state index in [0.717, 1.165) is 51.4 Å². The van der Waals surface area contributed by atoms with E-state index in [0.29, 0.717) is 6.42 Å². The summed E-state index contributed by atoms with van der Waals surface area (Å²) in [6.07, 6.45) is 15.1. The Balaban J connectivity index is 3.25. The van der Waals surface area contributed by atoms with E-state index in [2.05, 4.69) is 29.6 Å². The van der Waals surface area contributed by atoms with Crippen LogP contribution in [-0.2, 0) is 4.79 Å². The molecule has 2 nitrogen and oxygen atoms in total. The van der Waals surface area contributed by atoms with Crippen LogP contribution in [0.4, 0.5) is 0 Å². The van der Waals surface area contributed by atoms with Crippen molar-refractivity contribution in [2.45, 2.75) is 64.2 Å². The van der Waals surface area contributed by atoms with Gasteiger partial charge in [0.1, 0.15) is 0 Å². The van der Waals surface area contributed by atoms with Gasteiger partial charge in [-0.3, -0.25) is 0 Å². The van der Waals surface area contributed by atoms with Gasteiger partial charge in [0.25, 0.3) is 0 Å². The van der Waals surface area contributed by atoms with Gasteiger partial charge in [-0.15, -0.1) is 24.2 Å². The molecule has 0 aliphatic heterocycles. The number of carboxylic acid groups (broad SMARTS) is 1. The lowest BCUT2D eigenvalue weighted by Crippen LogP contribution is -1.86. The van der Waals surface area contributed by atoms with E-state index in [9.17, 15) is 4.79 Å². The number of aliphatic carboxylic acids is 1. The smallest absolute Gasteiger partial charge is 0.381 e. The standard InChI is InChI=1S/C17H22O2/c1-2-3-4-5-6-7-8-9-10-11-12-13-14-15-16-17(18)19/h1H,3-7,10-14H2,(H,18,19). The number of carboxylic acids is 1. The highest BCUT2D eigenvalue weighted by Gasteiger charge is 1.88. The summed E-state index contributed by atoms with van der Waals surface area (Å²) in [5, 5.41) is 8.30. The quantitative estimate of drug-likeness (QED) is 0.533. The van der Waals surface area contributed by atoms with Crippen LogP contribution < -0.4 is 0 Å². The summed E-state index contributed by atoms with van der Waals surface area (Å²) in [6.45, 7) is 0. The highest BCUT2D eigenvalue weighted by Crippen LogP contribution is 2.03. The van der Waals surface area contributed by atoms with Crippen molar-refractivity contribution >= 4 is 5.97 Å². The van der Waals surface area contributed by atoms with Crippen LogP contribution in [0.25, 0.3) is 0 Å². The van der Waals surface area contributed by atoms with Crippen LogP contribution in [0.3, 0.4) is 0 Å². The maximum atomic E-state index is 10.1. The molecular weight excluding hydrogens is 236 g/mol. The normalized spacial score (nSPS) is 8.58. The molecule has 0 fully saturated rings. The molecule has 0 aromatic rings. The van der Waals surface area contributed by atoms with Gasteiger partial charge in [0, 0.05) is 31.6 Å². The number of rotatable bonds is 8. The Hall–Kier alpha value is -1.85. The minimum absolute atomic E-state index is 0.662. The Bertz CT molecular complexity index is 393. The summed E-state index contributed by atoms with van der Waals surface area (Å²) >= 11 is 0. The third kappa shape index (κ3) is 16.1. The summed E-state index contributed by atoms with van der Waals surface area (Å²) in [5.41, 5.74) is 0. The molecule has 1 N–H and O–H groups in total. The molecule has 19 heavy (non-hydrogen) atoms. The summed E-state index contributed by atoms with van der Waals surface area (Å²) in [7, 11) is 0. The van der Waals surface area contributed by atoms with Gasteiger partial charge in [-0.1, -0.05) is 18.8 Å². The van der Waals surface area contributed by atoms with Crippen LogP contribution in [0.2, 0.25) is 0 Å². The second-order valence-corrected chi connectivity index (χ2v) is 4.29. The number of hydrogen-bond acceptors (Lipinski definition) is 1. The second kappa shape index (κ2) is 14.2. The van der Waals surface area contributed by atoms with Gasteiger partial charge in [0.05, 0.1) is 0 Å². The van der Waals surface area contributed by atoms with Gasteiger partial charge in [-0.05, 0) is 25.7 Å². The molecule has 0 unspecified atom stereocenters. The van der Waals surface area contributed by atoms with Gasteiger partial charge in [-0.25, -0.2) is 4.79 Å². The molecule has 0 spiro atoms. The van der Waals surface area contributed by atoms with Crippen LogP contribution >= 0.6 is 0 Å². The molecule has 0 radical (unpaired) electrons. The third-order valence-corrected chi connectivity index (χ3v) is 2.55. The number of terminal acetylenes is 1. The topological polar surface area (TPSA) is 37.3 Å². The fourth-order valence-electron chi connectivity index (χ4n) is 1.54. The second-order valence-electron chi connectivity index (χ2n) is 4.29. The monoisotopic (exact) mass is 258 g/mol. The molecule has 0 aromatic carbocycles. The highest BCUT2D eigenvalue weighted by molar-refractivity contribution is 5.86. The molecular formula is C17H22O2. The summed E-state index contributed by atoms with van der Waals surface area (Å²) in [5.74, 6) is 12.7. The molecule has 0 saturated carbocycles. The summed E-state index contributed by atoms with van der Waals surface area (Å²) in [6, 6.07) is 0. The van der Waals surface area contributed by atoms with Crippen molar-refractivity contribution in [1.82, 2.24) is 0 Å². The Labute approximate surface area is 117 Å². The van der Waals surface area contributed by atoms with Crippen molar-refractivity contribution in [3.05, 3.63) is 0 Å². The summed E-state index contributed by atoms with van der Waals surface area (Å²) < 4.78 is 0. The maximum absolute atomic E-state index is 10.1. The predicted octanol–water partition coefficient (Wildman–Crippen LogP) is 3.61. The molecule has 0 saturated heterocycles. The molecule has 0 atom stereocenters. The van der Waals surface area contributed by atoms with Crippen LogP contribution in [0, 0.1) is 36.0 Å². The van der Waals surface area contributed by atoms with Crippen molar-refractivity contribution < 1.29 is 9.90 Å². The number of carbonyl (C=O) groups is 1. The highest BCUT2D eigenvalue weighted by atomic mass is 16.4. The Morgan fingerprint density at radius 1 is 0.789 bits per heavy atom. The zero-order valence-corrected chi connectivity index (χ0v) is 11.5. The maximum Gasteiger partial charge on any atom is 0.381 e. The Morgan fingerprint density at radius 3 is 1.74 bits per heavy atom. The molecule has 0 rings (SSSR count). The van der Waals surface area contributed by atoms with Crippen LogP contribution in [0.15, 0.2) is 0 Å². The first-order valence-corrected chi connectivity index (χ1v) is 6.88. The summed E-state index contributed by atoms with van der Waals surface area (Å²) in [4.78, 5) is 10.1. The minimum atomic E-state index is -1.05. The van der Waals surface area contributed by atoms with E-state index >= 15 is 0 Å². The van der Waals surface area contributed by atoms with Crippen LogP contribution in [-0.4, -0.2) is 11.1 Å². The molecule has 0 amide bonds. The zero-order valence-electron chi connectivity index (χ0n) is 11.5. The zero-order chi connectivity index (χ0) is 14.2. The first-order chi connectivity index (χ1) is 9.27. The Kier molecular flexibility index (Phi) is 12.8. The molecule has 0 aliphatic carbocycles. The van der Waals surface area contributed by atoms with E-state index in [-0.39, 0.29) is 0 Å². The van der Waals surface area contributed by atoms with Crippen molar-refractivity contribution in [2.75, 3.05) is 0 Å². The lowest BCUT2D eigenvalue weighted by atomic mass is 10.1. The van der Waals surface area contributed by atoms with E-state index in [1.165, 1.54) is 6.42 Å². The van der Waals surface area contributed by atoms with Gasteiger partial charge in [0.2, 0.25) is 0 Å². The largest absolute Gasteiger partial charge is 0.472 e. The lowest BCUT2D eigenvalue weighted by molar-refractivity contribution is -0.130.